The molecule has 2 nitrogen and oxygen atoms in total. The van der Waals surface area contributed by atoms with Crippen LogP contribution in [0.15, 0.2) is 24.3 Å². The van der Waals surface area contributed by atoms with Crippen LogP contribution in [0, 0.1) is 5.82 Å². The van der Waals surface area contributed by atoms with Crippen molar-refractivity contribution in [1.82, 2.24) is 5.32 Å². The van der Waals surface area contributed by atoms with Crippen LogP contribution in [0.2, 0.25) is 0 Å². The van der Waals surface area contributed by atoms with Crippen molar-refractivity contribution in [1.29, 1.82) is 0 Å². The number of para-hydroxylation sites is 1. The minimum Gasteiger partial charge on any atom is -0.380 e. The third-order valence-corrected chi connectivity index (χ3v) is 3.37. The van der Waals surface area contributed by atoms with Crippen molar-refractivity contribution in [2.24, 2.45) is 0 Å². The molecule has 1 fully saturated rings. The van der Waals surface area contributed by atoms with E-state index in [1.165, 1.54) is 18.9 Å². The minimum absolute atomic E-state index is 0.154. The largest absolute Gasteiger partial charge is 0.380 e. The summed E-state index contributed by atoms with van der Waals surface area (Å²) in [6.07, 6.45) is 4.56. The Bertz CT molecular complexity index is 332. The lowest BCUT2D eigenvalue weighted by Gasteiger charge is -2.29. The van der Waals surface area contributed by atoms with E-state index in [0.29, 0.717) is 17.8 Å². The lowest BCUT2D eigenvalue weighted by Crippen LogP contribution is -2.35. The molecule has 0 saturated heterocycles. The molecule has 0 radical (unpaired) electrons. The summed E-state index contributed by atoms with van der Waals surface area (Å²) >= 11 is 0. The van der Waals surface area contributed by atoms with Gasteiger partial charge in [0.2, 0.25) is 0 Å². The molecule has 1 aromatic carbocycles. The molecular weight excluding hydrogens is 203 g/mol. The van der Waals surface area contributed by atoms with Crippen molar-refractivity contribution in [2.75, 3.05) is 12.4 Å². The van der Waals surface area contributed by atoms with E-state index in [0.717, 1.165) is 12.8 Å². The predicted octanol–water partition coefficient (Wildman–Crippen LogP) is 2.77. The van der Waals surface area contributed by atoms with Gasteiger partial charge in [0.25, 0.3) is 0 Å². The van der Waals surface area contributed by atoms with Gasteiger partial charge in [-0.2, -0.15) is 0 Å². The summed E-state index contributed by atoms with van der Waals surface area (Å²) in [6.45, 7) is 0. The molecule has 0 atom stereocenters. The van der Waals surface area contributed by atoms with E-state index < -0.39 is 0 Å². The highest BCUT2D eigenvalue weighted by Crippen LogP contribution is 2.23. The average molecular weight is 222 g/mol. The zero-order valence-electron chi connectivity index (χ0n) is 9.67. The van der Waals surface area contributed by atoms with Gasteiger partial charge in [-0.25, -0.2) is 4.39 Å². The lowest BCUT2D eigenvalue weighted by atomic mass is 9.91. The van der Waals surface area contributed by atoms with Gasteiger partial charge in [-0.3, -0.25) is 0 Å². The maximum Gasteiger partial charge on any atom is 0.146 e. The highest BCUT2D eigenvalue weighted by molar-refractivity contribution is 5.45. The summed E-state index contributed by atoms with van der Waals surface area (Å²) in [7, 11) is 2.01. The number of benzene rings is 1. The molecule has 16 heavy (non-hydrogen) atoms. The first kappa shape index (κ1) is 11.4. The molecule has 1 aliphatic carbocycles. The van der Waals surface area contributed by atoms with E-state index in [1.54, 1.807) is 12.1 Å². The number of halogens is 1. The van der Waals surface area contributed by atoms with Gasteiger partial charge in [0.15, 0.2) is 0 Å². The monoisotopic (exact) mass is 222 g/mol. The van der Waals surface area contributed by atoms with E-state index >= 15 is 0 Å². The quantitative estimate of drug-likeness (QED) is 0.821. The smallest absolute Gasteiger partial charge is 0.146 e. The summed E-state index contributed by atoms with van der Waals surface area (Å²) in [4.78, 5) is 0. The topological polar surface area (TPSA) is 24.1 Å². The fraction of sp³-hybridized carbons (Fsp3) is 0.538. The van der Waals surface area contributed by atoms with Crippen molar-refractivity contribution in [3.8, 4) is 0 Å². The van der Waals surface area contributed by atoms with Gasteiger partial charge in [0.05, 0.1) is 5.69 Å². The molecule has 0 heterocycles. The van der Waals surface area contributed by atoms with Gasteiger partial charge in [0, 0.05) is 12.1 Å². The van der Waals surface area contributed by atoms with Gasteiger partial charge in [-0.15, -0.1) is 0 Å². The molecule has 0 unspecified atom stereocenters. The van der Waals surface area contributed by atoms with E-state index in [-0.39, 0.29) is 5.82 Å². The molecule has 3 heteroatoms. The summed E-state index contributed by atoms with van der Waals surface area (Å²) in [5.41, 5.74) is 0.635. The first-order chi connectivity index (χ1) is 7.79. The van der Waals surface area contributed by atoms with Crippen LogP contribution in [-0.4, -0.2) is 19.1 Å². The van der Waals surface area contributed by atoms with Crippen LogP contribution in [0.4, 0.5) is 10.1 Å². The van der Waals surface area contributed by atoms with Crippen LogP contribution >= 0.6 is 0 Å². The van der Waals surface area contributed by atoms with Crippen LogP contribution in [0.3, 0.4) is 0 Å². The summed E-state index contributed by atoms with van der Waals surface area (Å²) < 4.78 is 13.4. The zero-order valence-corrected chi connectivity index (χ0v) is 9.67. The zero-order chi connectivity index (χ0) is 11.4. The van der Waals surface area contributed by atoms with Crippen LogP contribution in [0.5, 0.6) is 0 Å². The molecule has 1 aromatic rings. The Kier molecular flexibility index (Phi) is 3.78. The van der Waals surface area contributed by atoms with Gasteiger partial charge >= 0.3 is 0 Å². The highest BCUT2D eigenvalue weighted by Gasteiger charge is 2.20. The second-order valence-corrected chi connectivity index (χ2v) is 4.46. The van der Waals surface area contributed by atoms with Gasteiger partial charge in [0.1, 0.15) is 5.82 Å². The van der Waals surface area contributed by atoms with Crippen LogP contribution in [-0.2, 0) is 0 Å². The first-order valence-corrected chi connectivity index (χ1v) is 5.98. The molecule has 0 aromatic heterocycles. The number of nitrogens with one attached hydrogen (secondary N) is 2. The van der Waals surface area contributed by atoms with Gasteiger partial charge in [-0.1, -0.05) is 12.1 Å². The number of hydrogen-bond acceptors (Lipinski definition) is 2. The maximum atomic E-state index is 13.4. The summed E-state index contributed by atoms with van der Waals surface area (Å²) in [5, 5.41) is 6.59. The maximum absolute atomic E-state index is 13.4. The molecule has 2 N–H and O–H groups in total. The Morgan fingerprint density at radius 2 is 1.69 bits per heavy atom. The standard InChI is InChI=1S/C13H19FN2/c1-15-10-6-8-11(9-7-10)16-13-5-3-2-4-12(13)14/h2-5,10-11,15-16H,6-9H2,1H3. The van der Waals surface area contributed by atoms with Crippen molar-refractivity contribution in [3.05, 3.63) is 30.1 Å². The molecule has 0 aliphatic heterocycles. The second-order valence-electron chi connectivity index (χ2n) is 4.46. The lowest BCUT2D eigenvalue weighted by molar-refractivity contribution is 0.371. The molecule has 0 bridgehead atoms. The Morgan fingerprint density at radius 1 is 1.06 bits per heavy atom. The Morgan fingerprint density at radius 3 is 2.31 bits per heavy atom. The summed E-state index contributed by atoms with van der Waals surface area (Å²) in [5.74, 6) is -0.154. The Hall–Kier alpha value is -1.09. The predicted molar refractivity (Wildman–Crippen MR) is 65.1 cm³/mol. The first-order valence-electron chi connectivity index (χ1n) is 5.98. The molecular formula is C13H19FN2. The van der Waals surface area contributed by atoms with Crippen LogP contribution in [0.1, 0.15) is 25.7 Å². The Balaban J connectivity index is 1.89. The third kappa shape index (κ3) is 2.73. The molecule has 1 saturated carbocycles. The number of hydrogen-bond donors (Lipinski definition) is 2. The highest BCUT2D eigenvalue weighted by atomic mass is 19.1. The summed E-state index contributed by atoms with van der Waals surface area (Å²) in [6, 6.07) is 7.95. The second kappa shape index (κ2) is 5.30. The normalized spacial score (nSPS) is 25.4. The van der Waals surface area contributed by atoms with E-state index in [9.17, 15) is 4.39 Å². The Labute approximate surface area is 96.2 Å². The fourth-order valence-corrected chi connectivity index (χ4v) is 2.32. The van der Waals surface area contributed by atoms with Crippen molar-refractivity contribution < 1.29 is 4.39 Å². The molecule has 0 spiro atoms. The van der Waals surface area contributed by atoms with Crippen molar-refractivity contribution in [2.45, 2.75) is 37.8 Å². The third-order valence-electron chi connectivity index (χ3n) is 3.37. The minimum atomic E-state index is -0.154. The van der Waals surface area contributed by atoms with Crippen molar-refractivity contribution in [3.63, 3.8) is 0 Å². The molecule has 1 aliphatic rings. The van der Waals surface area contributed by atoms with E-state index in [4.69, 9.17) is 0 Å². The van der Waals surface area contributed by atoms with Crippen LogP contribution in [0.25, 0.3) is 0 Å². The fourth-order valence-electron chi connectivity index (χ4n) is 2.32. The number of rotatable bonds is 3. The van der Waals surface area contributed by atoms with E-state index in [2.05, 4.69) is 10.6 Å². The molecule has 88 valence electrons. The molecule has 2 rings (SSSR count). The number of anilines is 1. The van der Waals surface area contributed by atoms with Gasteiger partial charge < -0.3 is 10.6 Å². The van der Waals surface area contributed by atoms with Crippen molar-refractivity contribution >= 4 is 5.69 Å². The SMILES string of the molecule is CNC1CCC(Nc2ccccc2F)CC1. The van der Waals surface area contributed by atoms with Crippen LogP contribution < -0.4 is 10.6 Å². The van der Waals surface area contributed by atoms with Gasteiger partial charge in [-0.05, 0) is 44.9 Å². The van der Waals surface area contributed by atoms with E-state index in [1.807, 2.05) is 13.1 Å². The average Bonchev–Trinajstić information content (AvgIpc) is 2.33. The molecule has 0 amide bonds.